The quantitative estimate of drug-likeness (QED) is 0.242. The van der Waals surface area contributed by atoms with Crippen molar-refractivity contribution in [3.8, 4) is 0 Å². The third-order valence-corrected chi connectivity index (χ3v) is 6.96. The Morgan fingerprint density at radius 2 is 1.79 bits per heavy atom. The van der Waals surface area contributed by atoms with E-state index in [1.54, 1.807) is 40.7 Å². The summed E-state index contributed by atoms with van der Waals surface area (Å²) in [5.41, 5.74) is 2.39. The number of aromatic nitrogens is 1. The highest BCUT2D eigenvalue weighted by molar-refractivity contribution is 6.35. The van der Waals surface area contributed by atoms with E-state index >= 15 is 0 Å². The molecule has 1 aromatic heterocycles. The molecule has 1 aromatic carbocycles. The maximum Gasteiger partial charge on any atom is 0.416 e. The zero-order valence-electron chi connectivity index (χ0n) is 26.0. The van der Waals surface area contributed by atoms with Crippen molar-refractivity contribution < 1.29 is 33.0 Å². The van der Waals surface area contributed by atoms with Crippen LogP contribution >= 0.6 is 0 Å². The normalized spacial score (nSPS) is 13.6. The van der Waals surface area contributed by atoms with Crippen LogP contribution in [0.4, 0.5) is 19.7 Å². The van der Waals surface area contributed by atoms with Crippen molar-refractivity contribution in [1.29, 1.82) is 0 Å². The minimum absolute atomic E-state index is 0.0167. The van der Waals surface area contributed by atoms with E-state index in [9.17, 15) is 23.6 Å². The average Bonchev–Trinajstić information content (AvgIpc) is 3.38. The molecule has 3 rings (SSSR count). The van der Waals surface area contributed by atoms with Gasteiger partial charge in [-0.05, 0) is 84.0 Å². The number of nitrogens with zero attached hydrogens (tertiary/aromatic N) is 2. The Kier molecular flexibility index (Phi) is 11.1. The predicted octanol–water partition coefficient (Wildman–Crippen LogP) is 5.10. The number of rotatable bonds is 11. The number of alkyl carbamates (subject to hydrolysis) is 1. The third-order valence-electron chi connectivity index (χ3n) is 6.96. The fraction of sp³-hybridized carbons (Fsp3) is 0.484. The maximum absolute atomic E-state index is 13.9. The van der Waals surface area contributed by atoms with Crippen LogP contribution in [0.25, 0.3) is 11.6 Å². The van der Waals surface area contributed by atoms with Gasteiger partial charge in [0, 0.05) is 42.3 Å². The maximum atomic E-state index is 13.9. The molecular formula is C31H42FN5O6. The van der Waals surface area contributed by atoms with Crippen LogP contribution in [0, 0.1) is 19.7 Å². The molecule has 0 fully saturated rings. The summed E-state index contributed by atoms with van der Waals surface area (Å²) in [6.07, 6.45) is 0.542. The van der Waals surface area contributed by atoms with Gasteiger partial charge < -0.3 is 30.0 Å². The van der Waals surface area contributed by atoms with Crippen LogP contribution in [-0.4, -0.2) is 83.7 Å². The summed E-state index contributed by atoms with van der Waals surface area (Å²) >= 11 is 0. The molecule has 0 atom stereocenters. The number of aromatic amines is 1. The molecule has 0 saturated carbocycles. The van der Waals surface area contributed by atoms with Crippen molar-refractivity contribution in [3.63, 3.8) is 0 Å². The van der Waals surface area contributed by atoms with Gasteiger partial charge >= 0.3 is 12.2 Å². The van der Waals surface area contributed by atoms with Crippen LogP contribution < -0.4 is 10.6 Å². The van der Waals surface area contributed by atoms with Gasteiger partial charge in [-0.1, -0.05) is 13.8 Å². The van der Waals surface area contributed by atoms with Gasteiger partial charge in [0.2, 0.25) is 0 Å². The second-order valence-electron chi connectivity index (χ2n) is 11.2. The number of ether oxygens (including phenoxy) is 2. The van der Waals surface area contributed by atoms with Gasteiger partial charge in [0.15, 0.2) is 0 Å². The number of halogens is 1. The number of imide groups is 1. The molecule has 0 aliphatic carbocycles. The Labute approximate surface area is 251 Å². The van der Waals surface area contributed by atoms with Gasteiger partial charge in [0.1, 0.15) is 11.4 Å². The highest BCUT2D eigenvalue weighted by Crippen LogP contribution is 2.34. The molecule has 2 aromatic rings. The standard InChI is InChI=1S/C31H42FN5O6/c1-8-36(9-2)14-15-37(30(41)42-16-10-13-33-29(40)43-31(5,6)7)28(39)26-19(3)25(34-20(26)4)18-23-22-17-21(32)11-12-24(22)35-27(23)38/h11-12,17-18,34H,8-10,13-16H2,1-7H3,(H,33,40)(H,35,38)/b23-18-. The Morgan fingerprint density at radius 3 is 2.44 bits per heavy atom. The van der Waals surface area contributed by atoms with Gasteiger partial charge in [0.25, 0.3) is 11.8 Å². The Hall–Kier alpha value is -4.19. The smallest absolute Gasteiger partial charge is 0.416 e. The van der Waals surface area contributed by atoms with Gasteiger partial charge in [0.05, 0.1) is 17.7 Å². The number of nitrogens with one attached hydrogen (secondary N) is 3. The van der Waals surface area contributed by atoms with E-state index in [-0.39, 0.29) is 36.7 Å². The summed E-state index contributed by atoms with van der Waals surface area (Å²) in [4.78, 5) is 57.8. The lowest BCUT2D eigenvalue weighted by Crippen LogP contribution is -2.43. The van der Waals surface area contributed by atoms with Gasteiger partial charge in [-0.25, -0.2) is 18.9 Å². The van der Waals surface area contributed by atoms with Crippen molar-refractivity contribution in [2.75, 3.05) is 44.6 Å². The lowest BCUT2D eigenvalue weighted by Gasteiger charge is -2.25. The molecular weight excluding hydrogens is 557 g/mol. The van der Waals surface area contributed by atoms with Crippen molar-refractivity contribution in [1.82, 2.24) is 20.1 Å². The monoisotopic (exact) mass is 599 g/mol. The van der Waals surface area contributed by atoms with Crippen LogP contribution in [0.1, 0.15) is 73.9 Å². The molecule has 1 aliphatic rings. The number of aryl methyl sites for hydroxylation is 1. The van der Waals surface area contributed by atoms with E-state index in [1.165, 1.54) is 18.2 Å². The number of carbonyl (C=O) groups is 4. The summed E-state index contributed by atoms with van der Waals surface area (Å²) in [6, 6.07) is 4.05. The number of carbonyl (C=O) groups excluding carboxylic acids is 4. The van der Waals surface area contributed by atoms with Gasteiger partial charge in [-0.15, -0.1) is 0 Å². The zero-order chi connectivity index (χ0) is 31.9. The fourth-order valence-electron chi connectivity index (χ4n) is 4.69. The lowest BCUT2D eigenvalue weighted by molar-refractivity contribution is -0.110. The van der Waals surface area contributed by atoms with Crippen molar-refractivity contribution in [2.24, 2.45) is 0 Å². The average molecular weight is 600 g/mol. The second-order valence-corrected chi connectivity index (χ2v) is 11.2. The Bertz CT molecular complexity index is 1390. The molecule has 11 nitrogen and oxygen atoms in total. The van der Waals surface area contributed by atoms with E-state index in [4.69, 9.17) is 9.47 Å². The first-order valence-electron chi connectivity index (χ1n) is 14.5. The molecule has 0 bridgehead atoms. The van der Waals surface area contributed by atoms with Crippen LogP contribution in [-0.2, 0) is 14.3 Å². The molecule has 4 amide bonds. The number of fused-ring (bicyclic) bond motifs is 1. The molecule has 43 heavy (non-hydrogen) atoms. The molecule has 3 N–H and O–H groups in total. The number of H-pyrrole nitrogens is 1. The predicted molar refractivity (Wildman–Crippen MR) is 162 cm³/mol. The molecule has 12 heteroatoms. The van der Waals surface area contributed by atoms with Gasteiger partial charge in [-0.3, -0.25) is 9.59 Å². The SMILES string of the molecule is CCN(CC)CCN(C(=O)OCCCNC(=O)OC(C)(C)C)C(=O)c1c(C)[nH]c(/C=C2\C(=O)Nc3ccc(F)cc32)c1C. The van der Waals surface area contributed by atoms with Crippen molar-refractivity contribution in [3.05, 3.63) is 52.1 Å². The van der Waals surface area contributed by atoms with Crippen LogP contribution in [0.5, 0.6) is 0 Å². The van der Waals surface area contributed by atoms with Crippen LogP contribution in [0.2, 0.25) is 0 Å². The van der Waals surface area contributed by atoms with E-state index < -0.39 is 29.5 Å². The number of anilines is 1. The minimum Gasteiger partial charge on any atom is -0.449 e. The summed E-state index contributed by atoms with van der Waals surface area (Å²) in [5.74, 6) is -1.40. The second kappa shape index (κ2) is 14.3. The minimum atomic E-state index is -0.797. The third kappa shape index (κ3) is 8.66. The first kappa shape index (κ1) is 33.3. The number of hydrogen-bond acceptors (Lipinski definition) is 7. The molecule has 0 spiro atoms. The van der Waals surface area contributed by atoms with Crippen molar-refractivity contribution in [2.45, 2.75) is 60.5 Å². The largest absolute Gasteiger partial charge is 0.449 e. The fourth-order valence-corrected chi connectivity index (χ4v) is 4.69. The lowest BCUT2D eigenvalue weighted by atomic mass is 10.0. The number of amides is 4. The van der Waals surface area contributed by atoms with Crippen molar-refractivity contribution >= 4 is 41.3 Å². The molecule has 234 valence electrons. The number of benzene rings is 1. The summed E-state index contributed by atoms with van der Waals surface area (Å²) in [6.45, 7) is 15.0. The Morgan fingerprint density at radius 1 is 1.09 bits per heavy atom. The van der Waals surface area contributed by atoms with Crippen LogP contribution in [0.15, 0.2) is 18.2 Å². The van der Waals surface area contributed by atoms with E-state index in [0.717, 1.165) is 18.0 Å². The molecule has 1 aliphatic heterocycles. The summed E-state index contributed by atoms with van der Waals surface area (Å²) in [5, 5.41) is 5.32. The first-order chi connectivity index (χ1) is 20.2. The zero-order valence-corrected chi connectivity index (χ0v) is 26.0. The van der Waals surface area contributed by atoms with Crippen LogP contribution in [0.3, 0.4) is 0 Å². The highest BCUT2D eigenvalue weighted by atomic mass is 19.1. The topological polar surface area (TPSA) is 133 Å². The molecule has 0 saturated heterocycles. The first-order valence-corrected chi connectivity index (χ1v) is 14.5. The summed E-state index contributed by atoms with van der Waals surface area (Å²) in [7, 11) is 0. The van der Waals surface area contributed by atoms with Gasteiger partial charge in [-0.2, -0.15) is 0 Å². The highest BCUT2D eigenvalue weighted by Gasteiger charge is 2.30. The van der Waals surface area contributed by atoms with E-state index in [0.29, 0.717) is 41.2 Å². The van der Waals surface area contributed by atoms with E-state index in [1.807, 2.05) is 13.8 Å². The Balaban J connectivity index is 1.78. The molecule has 2 heterocycles. The van der Waals surface area contributed by atoms with E-state index in [2.05, 4.69) is 20.5 Å². The number of likely N-dealkylation sites (N-methyl/N-ethyl adjacent to an activating group) is 1. The molecule has 0 radical (unpaired) electrons. The summed E-state index contributed by atoms with van der Waals surface area (Å²) < 4.78 is 24.6. The number of hydrogen-bond donors (Lipinski definition) is 3. The molecule has 0 unspecified atom stereocenters.